The van der Waals surface area contributed by atoms with Gasteiger partial charge in [-0.1, -0.05) is 13.8 Å². The van der Waals surface area contributed by atoms with Crippen molar-refractivity contribution in [2.75, 3.05) is 36.1 Å². The van der Waals surface area contributed by atoms with Crippen molar-refractivity contribution in [3.8, 4) is 0 Å². The Balaban J connectivity index is 2.28. The van der Waals surface area contributed by atoms with Gasteiger partial charge in [-0.15, -0.1) is 0 Å². The molecule has 0 aromatic carbocycles. The Kier molecular flexibility index (Phi) is 4.98. The number of anilines is 2. The fourth-order valence-corrected chi connectivity index (χ4v) is 3.42. The van der Waals surface area contributed by atoms with Gasteiger partial charge in [0.1, 0.15) is 11.4 Å². The third-order valence-corrected chi connectivity index (χ3v) is 4.89. The number of ether oxygens (including phenoxy) is 1. The van der Waals surface area contributed by atoms with Gasteiger partial charge in [-0.2, -0.15) is 11.8 Å². The quantitative estimate of drug-likeness (QED) is 0.866. The number of hydrogen-bond acceptors (Lipinski definition) is 6. The number of nitrogens with two attached hydrogens (primary N) is 1. The number of nitrogen functional groups attached to an aromatic ring is 1. The molecule has 0 unspecified atom stereocenters. The van der Waals surface area contributed by atoms with Gasteiger partial charge in [0.15, 0.2) is 0 Å². The molecule has 0 atom stereocenters. The van der Waals surface area contributed by atoms with Gasteiger partial charge in [0.2, 0.25) is 0 Å². The minimum Gasteiger partial charge on any atom is -0.462 e. The summed E-state index contributed by atoms with van der Waals surface area (Å²) in [6.07, 6.45) is 2.65. The molecule has 6 heteroatoms. The first-order valence-electron chi connectivity index (χ1n) is 7.24. The van der Waals surface area contributed by atoms with E-state index in [-0.39, 0.29) is 10.7 Å². The van der Waals surface area contributed by atoms with Crippen LogP contribution in [-0.2, 0) is 4.74 Å². The summed E-state index contributed by atoms with van der Waals surface area (Å²) in [5, 5.41) is 0. The van der Waals surface area contributed by atoms with Crippen LogP contribution in [0.5, 0.6) is 0 Å². The second-order valence-corrected chi connectivity index (χ2v) is 7.51. The Morgan fingerprint density at radius 1 is 1.52 bits per heavy atom. The zero-order valence-corrected chi connectivity index (χ0v) is 13.7. The van der Waals surface area contributed by atoms with Crippen LogP contribution in [0.15, 0.2) is 12.3 Å². The van der Waals surface area contributed by atoms with Gasteiger partial charge in [-0.05, 0) is 19.4 Å². The minimum atomic E-state index is -0.358. The van der Waals surface area contributed by atoms with Crippen LogP contribution in [0.2, 0.25) is 0 Å². The van der Waals surface area contributed by atoms with Crippen molar-refractivity contribution >= 4 is 29.2 Å². The monoisotopic (exact) mass is 309 g/mol. The number of rotatable bonds is 3. The molecule has 2 rings (SSSR count). The number of hydrogen-bond donors (Lipinski definition) is 1. The predicted octanol–water partition coefficient (Wildman–Crippen LogP) is 2.56. The number of nitrogens with zero attached hydrogens (tertiary/aromatic N) is 2. The lowest BCUT2D eigenvalue weighted by Crippen LogP contribution is -2.29. The summed E-state index contributed by atoms with van der Waals surface area (Å²) in [7, 11) is 0. The first-order chi connectivity index (χ1) is 9.93. The second-order valence-electron chi connectivity index (χ2n) is 5.71. The Bertz CT molecular complexity index is 520. The van der Waals surface area contributed by atoms with E-state index in [1.54, 1.807) is 19.2 Å². The van der Waals surface area contributed by atoms with Crippen molar-refractivity contribution in [3.05, 3.63) is 17.8 Å². The van der Waals surface area contributed by atoms with Crippen LogP contribution in [0.1, 0.15) is 37.6 Å². The largest absolute Gasteiger partial charge is 0.462 e. The molecule has 1 fully saturated rings. The van der Waals surface area contributed by atoms with Crippen molar-refractivity contribution < 1.29 is 9.53 Å². The Morgan fingerprint density at radius 3 is 3.00 bits per heavy atom. The van der Waals surface area contributed by atoms with Crippen molar-refractivity contribution in [1.82, 2.24) is 4.98 Å². The van der Waals surface area contributed by atoms with Crippen LogP contribution in [0.25, 0.3) is 0 Å². The molecule has 0 bridgehead atoms. The molecule has 0 aliphatic carbocycles. The maximum atomic E-state index is 12.1. The van der Waals surface area contributed by atoms with Crippen LogP contribution in [0, 0.1) is 0 Å². The summed E-state index contributed by atoms with van der Waals surface area (Å²) < 4.78 is 5.38. The van der Waals surface area contributed by atoms with Crippen molar-refractivity contribution in [2.45, 2.75) is 31.9 Å². The molecule has 0 spiro atoms. The van der Waals surface area contributed by atoms with E-state index in [2.05, 4.69) is 23.7 Å². The molecule has 5 nitrogen and oxygen atoms in total. The highest BCUT2D eigenvalue weighted by molar-refractivity contribution is 8.00. The van der Waals surface area contributed by atoms with E-state index in [9.17, 15) is 4.79 Å². The van der Waals surface area contributed by atoms with E-state index in [1.807, 2.05) is 11.8 Å². The SMILES string of the molecule is CCOC(=O)c1cc(N)cnc1N1CCSC(C)(C)CC1. The molecule has 1 aromatic rings. The zero-order chi connectivity index (χ0) is 15.5. The highest BCUT2D eigenvalue weighted by Gasteiger charge is 2.26. The fourth-order valence-electron chi connectivity index (χ4n) is 2.32. The summed E-state index contributed by atoms with van der Waals surface area (Å²) in [5.74, 6) is 1.34. The molecule has 0 radical (unpaired) electrons. The highest BCUT2D eigenvalue weighted by atomic mass is 32.2. The summed E-state index contributed by atoms with van der Waals surface area (Å²) >= 11 is 1.96. The second kappa shape index (κ2) is 6.56. The number of carbonyl (C=O) groups is 1. The van der Waals surface area contributed by atoms with Crippen molar-refractivity contribution in [2.24, 2.45) is 0 Å². The van der Waals surface area contributed by atoms with Gasteiger partial charge in [0.05, 0.1) is 18.5 Å². The lowest BCUT2D eigenvalue weighted by atomic mass is 10.1. The Labute approximate surface area is 130 Å². The first kappa shape index (κ1) is 15.9. The number of pyridine rings is 1. The van der Waals surface area contributed by atoms with E-state index in [0.29, 0.717) is 23.7 Å². The number of aromatic nitrogens is 1. The van der Waals surface area contributed by atoms with Gasteiger partial charge in [0.25, 0.3) is 0 Å². The average Bonchev–Trinajstić information content (AvgIpc) is 2.60. The zero-order valence-electron chi connectivity index (χ0n) is 12.9. The van der Waals surface area contributed by atoms with Crippen LogP contribution in [0.3, 0.4) is 0 Å². The Morgan fingerprint density at radius 2 is 2.29 bits per heavy atom. The molecule has 1 aromatic heterocycles. The molecule has 1 aliphatic heterocycles. The average molecular weight is 309 g/mol. The molecule has 0 amide bonds. The lowest BCUT2D eigenvalue weighted by Gasteiger charge is -2.24. The topological polar surface area (TPSA) is 68.5 Å². The van der Waals surface area contributed by atoms with Crippen LogP contribution >= 0.6 is 11.8 Å². The van der Waals surface area contributed by atoms with E-state index in [4.69, 9.17) is 10.5 Å². The van der Waals surface area contributed by atoms with Gasteiger partial charge in [0, 0.05) is 23.6 Å². The molecule has 1 saturated heterocycles. The summed E-state index contributed by atoms with van der Waals surface area (Å²) in [4.78, 5) is 18.7. The van der Waals surface area contributed by atoms with Crippen molar-refractivity contribution in [1.29, 1.82) is 0 Å². The van der Waals surface area contributed by atoms with E-state index in [1.165, 1.54) is 0 Å². The molecule has 2 heterocycles. The van der Waals surface area contributed by atoms with Gasteiger partial charge in [-0.3, -0.25) is 0 Å². The molecule has 116 valence electrons. The predicted molar refractivity (Wildman–Crippen MR) is 88.0 cm³/mol. The van der Waals surface area contributed by atoms with Gasteiger partial charge >= 0.3 is 5.97 Å². The van der Waals surface area contributed by atoms with Crippen LogP contribution in [-0.4, -0.2) is 41.1 Å². The van der Waals surface area contributed by atoms with Gasteiger partial charge in [-0.25, -0.2) is 9.78 Å². The van der Waals surface area contributed by atoms with Gasteiger partial charge < -0.3 is 15.4 Å². The van der Waals surface area contributed by atoms with Crippen LogP contribution in [0.4, 0.5) is 11.5 Å². The molecule has 1 aliphatic rings. The lowest BCUT2D eigenvalue weighted by molar-refractivity contribution is 0.0526. The summed E-state index contributed by atoms with van der Waals surface area (Å²) in [6.45, 7) is 8.40. The van der Waals surface area contributed by atoms with Crippen molar-refractivity contribution in [3.63, 3.8) is 0 Å². The standard InChI is InChI=1S/C15H23N3O2S/c1-4-20-14(19)12-9-11(16)10-17-13(12)18-6-5-15(2,3)21-8-7-18/h9-10H,4-8,16H2,1-3H3. The summed E-state index contributed by atoms with van der Waals surface area (Å²) in [6, 6.07) is 1.66. The highest BCUT2D eigenvalue weighted by Crippen LogP contribution is 2.33. The maximum Gasteiger partial charge on any atom is 0.341 e. The third kappa shape index (κ3) is 4.03. The third-order valence-electron chi connectivity index (χ3n) is 3.52. The summed E-state index contributed by atoms with van der Waals surface area (Å²) in [5.41, 5.74) is 6.71. The molecular weight excluding hydrogens is 286 g/mol. The number of carbonyl (C=O) groups excluding carboxylic acids is 1. The van der Waals surface area contributed by atoms with E-state index >= 15 is 0 Å². The molecule has 21 heavy (non-hydrogen) atoms. The minimum absolute atomic E-state index is 0.257. The number of thioether (sulfide) groups is 1. The first-order valence-corrected chi connectivity index (χ1v) is 8.23. The molecule has 2 N–H and O–H groups in total. The smallest absolute Gasteiger partial charge is 0.341 e. The van der Waals surface area contributed by atoms with E-state index in [0.717, 1.165) is 25.3 Å². The van der Waals surface area contributed by atoms with Crippen LogP contribution < -0.4 is 10.6 Å². The maximum absolute atomic E-state index is 12.1. The Hall–Kier alpha value is -1.43. The molecular formula is C15H23N3O2S. The normalized spacial score (nSPS) is 18.1. The van der Waals surface area contributed by atoms with E-state index < -0.39 is 0 Å². The fraction of sp³-hybridized carbons (Fsp3) is 0.600. The molecule has 0 saturated carbocycles. The number of esters is 1.